The van der Waals surface area contributed by atoms with E-state index in [2.05, 4.69) is 0 Å². The summed E-state index contributed by atoms with van der Waals surface area (Å²) in [5, 5.41) is 10.7. The number of esters is 2. The van der Waals surface area contributed by atoms with Gasteiger partial charge in [-0.3, -0.25) is 4.79 Å². The van der Waals surface area contributed by atoms with Crippen molar-refractivity contribution in [1.29, 1.82) is 0 Å². The molecule has 0 spiro atoms. The predicted molar refractivity (Wildman–Crippen MR) is 132 cm³/mol. The Morgan fingerprint density at radius 1 is 1.17 bits per heavy atom. The number of hydrogen-bond donors (Lipinski definition) is 1. The summed E-state index contributed by atoms with van der Waals surface area (Å²) < 4.78 is 23.2. The van der Waals surface area contributed by atoms with Crippen molar-refractivity contribution < 1.29 is 33.6 Å². The maximum Gasteiger partial charge on any atom is 0.346 e. The molecule has 190 valence electrons. The molecule has 1 atom stereocenters. The number of aliphatic hydroxyl groups excluding tert-OH is 1. The van der Waals surface area contributed by atoms with E-state index in [1.54, 1.807) is 18.2 Å². The smallest absolute Gasteiger partial charge is 0.346 e. The van der Waals surface area contributed by atoms with E-state index in [9.17, 15) is 14.7 Å². The molecule has 0 aliphatic carbocycles. The van der Waals surface area contributed by atoms with Crippen LogP contribution >= 0.6 is 0 Å². The number of carbonyl (C=O) groups is 2. The van der Waals surface area contributed by atoms with Crippen LogP contribution in [0.1, 0.15) is 81.1 Å². The topological polar surface area (TPSA) is 91.3 Å². The zero-order valence-corrected chi connectivity index (χ0v) is 21.9. The Kier molecular flexibility index (Phi) is 7.80. The Bertz CT molecular complexity index is 1110. The van der Waals surface area contributed by atoms with E-state index in [1.165, 1.54) is 7.11 Å². The average Bonchev–Trinajstić information content (AvgIpc) is 2.76. The lowest BCUT2D eigenvalue weighted by Gasteiger charge is -2.28. The molecule has 1 heterocycles. The number of ether oxygens (including phenoxy) is 4. The van der Waals surface area contributed by atoms with Gasteiger partial charge in [0.05, 0.1) is 18.6 Å². The third-order valence-electron chi connectivity index (χ3n) is 6.63. The van der Waals surface area contributed by atoms with Gasteiger partial charge in [-0.25, -0.2) is 4.79 Å². The minimum absolute atomic E-state index is 0.0594. The van der Waals surface area contributed by atoms with Gasteiger partial charge in [0.25, 0.3) is 0 Å². The molecular formula is C28H36O7. The molecular weight excluding hydrogens is 448 g/mol. The van der Waals surface area contributed by atoms with Crippen LogP contribution in [0.5, 0.6) is 23.0 Å². The summed E-state index contributed by atoms with van der Waals surface area (Å²) in [6.45, 7) is 13.4. The summed E-state index contributed by atoms with van der Waals surface area (Å²) >= 11 is 0. The van der Waals surface area contributed by atoms with Crippen molar-refractivity contribution in [3.05, 3.63) is 46.5 Å². The van der Waals surface area contributed by atoms with E-state index in [-0.39, 0.29) is 47.2 Å². The first-order chi connectivity index (χ1) is 16.4. The molecule has 0 saturated heterocycles. The van der Waals surface area contributed by atoms with Gasteiger partial charge in [-0.05, 0) is 68.9 Å². The Morgan fingerprint density at radius 2 is 1.86 bits per heavy atom. The Hall–Kier alpha value is -3.06. The number of hydrogen-bond acceptors (Lipinski definition) is 7. The summed E-state index contributed by atoms with van der Waals surface area (Å²) in [4.78, 5) is 26.1. The van der Waals surface area contributed by atoms with Gasteiger partial charge in [-0.1, -0.05) is 27.7 Å². The molecule has 2 aromatic rings. The lowest BCUT2D eigenvalue weighted by molar-refractivity contribution is -0.146. The third kappa shape index (κ3) is 5.45. The molecule has 2 aromatic carbocycles. The Balaban J connectivity index is 2.11. The quantitative estimate of drug-likeness (QED) is 0.373. The van der Waals surface area contributed by atoms with Gasteiger partial charge >= 0.3 is 11.9 Å². The van der Waals surface area contributed by atoms with Crippen LogP contribution in [-0.2, 0) is 16.1 Å². The number of rotatable bonds is 7. The lowest BCUT2D eigenvalue weighted by Crippen LogP contribution is -2.34. The largest absolute Gasteiger partial charge is 0.495 e. The van der Waals surface area contributed by atoms with Gasteiger partial charge in [-0.2, -0.15) is 0 Å². The van der Waals surface area contributed by atoms with Crippen molar-refractivity contribution in [1.82, 2.24) is 0 Å². The number of fused-ring (bicyclic) bond motifs is 2. The highest BCUT2D eigenvalue weighted by atomic mass is 16.6. The van der Waals surface area contributed by atoms with E-state index >= 15 is 0 Å². The van der Waals surface area contributed by atoms with E-state index in [4.69, 9.17) is 18.9 Å². The van der Waals surface area contributed by atoms with E-state index in [0.717, 1.165) is 5.56 Å². The zero-order valence-electron chi connectivity index (χ0n) is 21.9. The Morgan fingerprint density at radius 3 is 2.46 bits per heavy atom. The summed E-state index contributed by atoms with van der Waals surface area (Å²) in [5.41, 5.74) is 1.26. The molecule has 0 saturated carbocycles. The SMILES string of the molecule is COc1c([C@@H](O)CC(C)C)ccc2c1C(=O)OCc1cc(C)cc(OC(=O)C(C)(C)C(C)C)c1O2. The van der Waals surface area contributed by atoms with Gasteiger partial charge in [0.2, 0.25) is 0 Å². The fourth-order valence-corrected chi connectivity index (χ4v) is 3.82. The molecule has 0 unspecified atom stereocenters. The van der Waals surface area contributed by atoms with Crippen molar-refractivity contribution in [3.8, 4) is 23.0 Å². The lowest BCUT2D eigenvalue weighted by atomic mass is 9.81. The number of benzene rings is 2. The number of cyclic esters (lactones) is 1. The molecule has 0 radical (unpaired) electrons. The molecule has 7 nitrogen and oxygen atoms in total. The van der Waals surface area contributed by atoms with Gasteiger partial charge in [0.15, 0.2) is 11.5 Å². The molecule has 1 aliphatic heterocycles. The van der Waals surface area contributed by atoms with Crippen molar-refractivity contribution in [2.45, 2.75) is 67.6 Å². The first kappa shape index (κ1) is 26.5. The van der Waals surface area contributed by atoms with Crippen molar-refractivity contribution >= 4 is 11.9 Å². The molecule has 0 fully saturated rings. The summed E-state index contributed by atoms with van der Waals surface area (Å²) in [6, 6.07) is 6.85. The minimum Gasteiger partial charge on any atom is -0.495 e. The first-order valence-corrected chi connectivity index (χ1v) is 12.0. The molecule has 1 N–H and O–H groups in total. The molecule has 7 heteroatoms. The van der Waals surface area contributed by atoms with Crippen LogP contribution in [0.3, 0.4) is 0 Å². The van der Waals surface area contributed by atoms with Crippen molar-refractivity contribution in [3.63, 3.8) is 0 Å². The molecule has 3 rings (SSSR count). The maximum atomic E-state index is 13.0. The summed E-state index contributed by atoms with van der Waals surface area (Å²) in [5.74, 6) is 0.245. The van der Waals surface area contributed by atoms with Crippen molar-refractivity contribution in [2.24, 2.45) is 17.3 Å². The predicted octanol–water partition coefficient (Wildman–Crippen LogP) is 6.13. The van der Waals surface area contributed by atoms with E-state index in [1.807, 2.05) is 54.5 Å². The molecule has 1 aliphatic rings. The fraction of sp³-hybridized carbons (Fsp3) is 0.500. The van der Waals surface area contributed by atoms with Crippen molar-refractivity contribution in [2.75, 3.05) is 7.11 Å². The van der Waals surface area contributed by atoms with Gasteiger partial charge in [0.1, 0.15) is 23.7 Å². The molecule has 35 heavy (non-hydrogen) atoms. The number of methoxy groups -OCH3 is 1. The second-order valence-electron chi connectivity index (χ2n) is 10.4. The standard InChI is InChI=1S/C28H36O7/c1-15(2)11-20(29)19-9-10-21-23(25(19)32-8)26(30)33-14-18-12-17(5)13-22(24(18)34-21)35-27(31)28(6,7)16(3)4/h9-10,12-13,15-16,20,29H,11,14H2,1-8H3/t20-/m0/s1. The molecule has 0 amide bonds. The summed E-state index contributed by atoms with van der Waals surface area (Å²) in [7, 11) is 1.44. The molecule has 0 aromatic heterocycles. The second-order valence-corrected chi connectivity index (χ2v) is 10.4. The first-order valence-electron chi connectivity index (χ1n) is 12.0. The number of aryl methyl sites for hydroxylation is 1. The number of aliphatic hydroxyl groups is 1. The highest BCUT2D eigenvalue weighted by Gasteiger charge is 2.35. The fourth-order valence-electron chi connectivity index (χ4n) is 3.82. The summed E-state index contributed by atoms with van der Waals surface area (Å²) in [6.07, 6.45) is -0.322. The number of carbonyl (C=O) groups excluding carboxylic acids is 2. The van der Waals surface area contributed by atoms with Crippen LogP contribution < -0.4 is 14.2 Å². The highest BCUT2D eigenvalue weighted by molar-refractivity contribution is 5.97. The maximum absolute atomic E-state index is 13.0. The van der Waals surface area contributed by atoms with Crippen LogP contribution in [0.4, 0.5) is 0 Å². The second kappa shape index (κ2) is 10.3. The monoisotopic (exact) mass is 484 g/mol. The third-order valence-corrected chi connectivity index (χ3v) is 6.63. The molecule has 0 bridgehead atoms. The van der Waals surface area contributed by atoms with Crippen LogP contribution in [-0.4, -0.2) is 24.2 Å². The van der Waals surface area contributed by atoms with Crippen LogP contribution in [0.2, 0.25) is 0 Å². The van der Waals surface area contributed by atoms with E-state index in [0.29, 0.717) is 23.3 Å². The van der Waals surface area contributed by atoms with Crippen LogP contribution in [0.15, 0.2) is 24.3 Å². The van der Waals surface area contributed by atoms with Gasteiger partial charge in [0, 0.05) is 11.1 Å². The van der Waals surface area contributed by atoms with Crippen LogP contribution in [0.25, 0.3) is 0 Å². The minimum atomic E-state index is -0.821. The van der Waals surface area contributed by atoms with E-state index < -0.39 is 17.5 Å². The van der Waals surface area contributed by atoms with Gasteiger partial charge < -0.3 is 24.1 Å². The Labute approximate surface area is 207 Å². The highest BCUT2D eigenvalue weighted by Crippen LogP contribution is 2.45. The average molecular weight is 485 g/mol. The van der Waals surface area contributed by atoms with Crippen LogP contribution in [0, 0.1) is 24.2 Å². The zero-order chi connectivity index (χ0) is 26.1. The normalized spacial score (nSPS) is 14.3. The van der Waals surface area contributed by atoms with Gasteiger partial charge in [-0.15, -0.1) is 0 Å².